The molecule has 34 heavy (non-hydrogen) atoms. The second-order valence-corrected chi connectivity index (χ2v) is 9.79. The molecule has 0 saturated heterocycles. The van der Waals surface area contributed by atoms with Crippen LogP contribution in [0.25, 0.3) is 32.6 Å². The molecule has 0 aliphatic heterocycles. The van der Waals surface area contributed by atoms with Crippen LogP contribution in [0.2, 0.25) is 10.0 Å². The van der Waals surface area contributed by atoms with Crippen molar-refractivity contribution >= 4 is 62.0 Å². The number of nitrogens with two attached hydrogens (primary N) is 1. The van der Waals surface area contributed by atoms with Gasteiger partial charge in [0.2, 0.25) is 0 Å². The first kappa shape index (κ1) is 22.4. The Hall–Kier alpha value is -3.38. The maximum absolute atomic E-state index is 13.1. The van der Waals surface area contributed by atoms with E-state index in [1.165, 1.54) is 11.3 Å². The Morgan fingerprint density at radius 2 is 1.47 bits per heavy atom. The Bertz CT molecular complexity index is 1510. The summed E-state index contributed by atoms with van der Waals surface area (Å²) >= 11 is 13.5. The van der Waals surface area contributed by atoms with Crippen LogP contribution < -0.4 is 11.1 Å². The largest absolute Gasteiger partial charge is 0.397 e. The number of anilines is 2. The fourth-order valence-electron chi connectivity index (χ4n) is 3.74. The highest BCUT2D eigenvalue weighted by atomic mass is 35.5. The SMILES string of the molecule is Cc1ccc(NC(=O)c2sc3nc(-c4ccc(Cl)cc4)cc(-c4ccc(Cl)cc4)c3c2N)cc1. The molecule has 168 valence electrons. The molecule has 0 aliphatic carbocycles. The number of hydrogen-bond acceptors (Lipinski definition) is 4. The van der Waals surface area contributed by atoms with Gasteiger partial charge in [0.25, 0.3) is 5.91 Å². The molecule has 0 unspecified atom stereocenters. The molecule has 0 aliphatic rings. The van der Waals surface area contributed by atoms with E-state index in [0.29, 0.717) is 31.1 Å². The van der Waals surface area contributed by atoms with Crippen LogP contribution in [0, 0.1) is 6.92 Å². The predicted octanol–water partition coefficient (Wildman–Crippen LogP) is 8.08. The first-order valence-electron chi connectivity index (χ1n) is 10.5. The van der Waals surface area contributed by atoms with Crippen molar-refractivity contribution in [3.63, 3.8) is 0 Å². The Morgan fingerprint density at radius 3 is 2.09 bits per heavy atom. The molecule has 0 saturated carbocycles. The van der Waals surface area contributed by atoms with Crippen molar-refractivity contribution in [1.82, 2.24) is 4.98 Å². The van der Waals surface area contributed by atoms with Crippen molar-refractivity contribution in [2.24, 2.45) is 0 Å². The van der Waals surface area contributed by atoms with Crippen molar-refractivity contribution in [2.45, 2.75) is 6.92 Å². The lowest BCUT2D eigenvalue weighted by Gasteiger charge is -2.09. The molecule has 0 atom stereocenters. The number of fused-ring (bicyclic) bond motifs is 1. The standard InChI is InChI=1S/C27H19Cl2N3OS/c1-15-2-12-20(13-3-15)31-26(33)25-24(30)23-21(16-4-8-18(28)9-5-16)14-22(32-27(23)34-25)17-6-10-19(29)11-7-17/h2-14H,30H2,1H3,(H,31,33). The highest BCUT2D eigenvalue weighted by molar-refractivity contribution is 7.21. The zero-order valence-corrected chi connectivity index (χ0v) is 20.4. The van der Waals surface area contributed by atoms with Crippen molar-refractivity contribution in [1.29, 1.82) is 0 Å². The molecule has 3 aromatic carbocycles. The molecule has 3 N–H and O–H groups in total. The highest BCUT2D eigenvalue weighted by Gasteiger charge is 2.22. The molecule has 7 heteroatoms. The van der Waals surface area contributed by atoms with Crippen LogP contribution in [-0.2, 0) is 0 Å². The van der Waals surface area contributed by atoms with Crippen LogP contribution in [0.15, 0.2) is 78.9 Å². The number of carbonyl (C=O) groups excluding carboxylic acids is 1. The quantitative estimate of drug-likeness (QED) is 0.260. The van der Waals surface area contributed by atoms with Crippen molar-refractivity contribution in [2.75, 3.05) is 11.1 Å². The molecule has 0 fully saturated rings. The van der Waals surface area contributed by atoms with Crippen molar-refractivity contribution in [3.8, 4) is 22.4 Å². The minimum atomic E-state index is -0.264. The number of hydrogen-bond donors (Lipinski definition) is 2. The third-order valence-electron chi connectivity index (χ3n) is 5.51. The van der Waals surface area contributed by atoms with Gasteiger partial charge in [-0.25, -0.2) is 4.98 Å². The molecule has 5 rings (SSSR count). The molecule has 0 bridgehead atoms. The summed E-state index contributed by atoms with van der Waals surface area (Å²) in [4.78, 5) is 19.1. The van der Waals surface area contributed by atoms with Gasteiger partial charge < -0.3 is 11.1 Å². The number of halogens is 2. The summed E-state index contributed by atoms with van der Waals surface area (Å²) in [6.45, 7) is 2.00. The number of nitrogen functional groups attached to an aromatic ring is 1. The van der Waals surface area contributed by atoms with Crippen LogP contribution in [-0.4, -0.2) is 10.9 Å². The summed E-state index contributed by atoms with van der Waals surface area (Å²) in [6.07, 6.45) is 0. The molecular formula is C27H19Cl2N3OS. The van der Waals surface area contributed by atoms with E-state index in [0.717, 1.165) is 33.3 Å². The van der Waals surface area contributed by atoms with E-state index in [4.69, 9.17) is 33.9 Å². The molecule has 0 spiro atoms. The van der Waals surface area contributed by atoms with Gasteiger partial charge in [-0.15, -0.1) is 11.3 Å². The first-order chi connectivity index (χ1) is 16.4. The summed E-state index contributed by atoms with van der Waals surface area (Å²) < 4.78 is 0. The molecular weight excluding hydrogens is 485 g/mol. The normalized spacial score (nSPS) is 11.0. The molecule has 4 nitrogen and oxygen atoms in total. The van der Waals surface area contributed by atoms with Crippen LogP contribution >= 0.6 is 34.5 Å². The maximum atomic E-state index is 13.1. The number of pyridine rings is 1. The molecule has 0 radical (unpaired) electrons. The third kappa shape index (κ3) is 4.38. The smallest absolute Gasteiger partial charge is 0.267 e. The first-order valence-corrected chi connectivity index (χ1v) is 12.1. The number of nitrogens with one attached hydrogen (secondary N) is 1. The van der Waals surface area contributed by atoms with E-state index in [2.05, 4.69) is 5.32 Å². The molecule has 2 heterocycles. The number of thiophene rings is 1. The Labute approximate surface area is 211 Å². The topological polar surface area (TPSA) is 68.0 Å². The Morgan fingerprint density at radius 1 is 0.882 bits per heavy atom. The average molecular weight is 504 g/mol. The summed E-state index contributed by atoms with van der Waals surface area (Å²) in [6, 6.07) is 24.6. The van der Waals surface area contributed by atoms with Gasteiger partial charge in [-0.2, -0.15) is 0 Å². The molecule has 1 amide bonds. The van der Waals surface area contributed by atoms with Crippen molar-refractivity contribution < 1.29 is 4.79 Å². The number of aryl methyl sites for hydroxylation is 1. The lowest BCUT2D eigenvalue weighted by Crippen LogP contribution is -2.11. The minimum Gasteiger partial charge on any atom is -0.397 e. The van der Waals surface area contributed by atoms with E-state index >= 15 is 0 Å². The van der Waals surface area contributed by atoms with Gasteiger partial charge in [0.1, 0.15) is 9.71 Å². The van der Waals surface area contributed by atoms with Gasteiger partial charge in [0.05, 0.1) is 11.4 Å². The highest BCUT2D eigenvalue weighted by Crippen LogP contribution is 2.41. The van der Waals surface area contributed by atoms with Gasteiger partial charge in [-0.3, -0.25) is 4.79 Å². The van der Waals surface area contributed by atoms with Crippen LogP contribution in [0.3, 0.4) is 0 Å². The minimum absolute atomic E-state index is 0.264. The summed E-state index contributed by atoms with van der Waals surface area (Å²) in [7, 11) is 0. The second-order valence-electron chi connectivity index (χ2n) is 7.91. The van der Waals surface area contributed by atoms with Crippen LogP contribution in [0.4, 0.5) is 11.4 Å². The average Bonchev–Trinajstić information content (AvgIpc) is 3.17. The van der Waals surface area contributed by atoms with Gasteiger partial charge >= 0.3 is 0 Å². The lowest BCUT2D eigenvalue weighted by atomic mass is 9.99. The Balaban J connectivity index is 1.66. The van der Waals surface area contributed by atoms with Crippen molar-refractivity contribution in [3.05, 3.63) is 99.3 Å². The number of amides is 1. The zero-order valence-electron chi connectivity index (χ0n) is 18.1. The Kier molecular flexibility index (Phi) is 6.00. The van der Waals surface area contributed by atoms with E-state index in [9.17, 15) is 4.79 Å². The van der Waals surface area contributed by atoms with E-state index in [1.807, 2.05) is 85.8 Å². The number of nitrogens with zero attached hydrogens (tertiary/aromatic N) is 1. The lowest BCUT2D eigenvalue weighted by molar-refractivity contribution is 0.103. The zero-order chi connectivity index (χ0) is 23.8. The second kappa shape index (κ2) is 9.11. The summed E-state index contributed by atoms with van der Waals surface area (Å²) in [5.74, 6) is -0.264. The monoisotopic (exact) mass is 503 g/mol. The number of benzene rings is 3. The maximum Gasteiger partial charge on any atom is 0.267 e. The van der Waals surface area contributed by atoms with Gasteiger partial charge in [0, 0.05) is 26.7 Å². The fraction of sp³-hybridized carbons (Fsp3) is 0.0370. The number of aromatic nitrogens is 1. The van der Waals surface area contributed by atoms with E-state index in [1.54, 1.807) is 0 Å². The van der Waals surface area contributed by atoms with E-state index in [-0.39, 0.29) is 5.91 Å². The third-order valence-corrected chi connectivity index (χ3v) is 7.11. The summed E-state index contributed by atoms with van der Waals surface area (Å²) in [5.41, 5.74) is 12.3. The van der Waals surface area contributed by atoms with Crippen LogP contribution in [0.1, 0.15) is 15.2 Å². The van der Waals surface area contributed by atoms with E-state index < -0.39 is 0 Å². The van der Waals surface area contributed by atoms with Gasteiger partial charge in [-0.05, 0) is 60.5 Å². The molecule has 5 aromatic rings. The fourth-order valence-corrected chi connectivity index (χ4v) is 5.01. The van der Waals surface area contributed by atoms with Crippen LogP contribution in [0.5, 0.6) is 0 Å². The number of carbonyl (C=O) groups is 1. The van der Waals surface area contributed by atoms with Gasteiger partial charge in [-0.1, -0.05) is 65.2 Å². The van der Waals surface area contributed by atoms with Gasteiger partial charge in [0.15, 0.2) is 0 Å². The predicted molar refractivity (Wildman–Crippen MR) is 144 cm³/mol. The number of rotatable bonds is 4. The summed E-state index contributed by atoms with van der Waals surface area (Å²) in [5, 5.41) is 4.98. The molecule has 2 aromatic heterocycles.